The normalized spacial score (nSPS) is 24.3. The Kier molecular flexibility index (Phi) is 6.51. The first-order chi connectivity index (χ1) is 15.0. The number of nitrogens with zero attached hydrogens (tertiary/aromatic N) is 1. The fourth-order valence-corrected chi connectivity index (χ4v) is 5.16. The molecule has 2 unspecified atom stereocenters. The minimum Gasteiger partial charge on any atom is -0.493 e. The topological polar surface area (TPSA) is 48.0 Å². The van der Waals surface area contributed by atoms with Gasteiger partial charge < -0.3 is 14.2 Å². The number of hydrogen-bond acceptors (Lipinski definition) is 5. The Morgan fingerprint density at radius 2 is 1.81 bits per heavy atom. The lowest BCUT2D eigenvalue weighted by molar-refractivity contribution is -0.151. The van der Waals surface area contributed by atoms with Crippen molar-refractivity contribution in [3.05, 3.63) is 59.7 Å². The van der Waals surface area contributed by atoms with Crippen molar-refractivity contribution >= 4 is 5.97 Å². The lowest BCUT2D eigenvalue weighted by Crippen LogP contribution is -2.36. The van der Waals surface area contributed by atoms with E-state index < -0.39 is 5.41 Å². The van der Waals surface area contributed by atoms with Crippen LogP contribution in [0.15, 0.2) is 48.5 Å². The van der Waals surface area contributed by atoms with Crippen molar-refractivity contribution in [3.8, 4) is 11.5 Å². The van der Waals surface area contributed by atoms with E-state index in [4.69, 9.17) is 14.2 Å². The standard InChI is InChI=1S/C26H33NO4/c1-26(25(28)30-3)18-27(16-19-9-5-4-6-10-19)17-22(26)20-13-14-23(29-2)24(15-20)31-21-11-7-8-12-21/h4-6,9-10,13-15,21-22H,7-8,11-12,16-18H2,1-3H3. The van der Waals surface area contributed by atoms with Gasteiger partial charge >= 0.3 is 5.97 Å². The van der Waals surface area contributed by atoms with Crippen LogP contribution in [0.2, 0.25) is 0 Å². The van der Waals surface area contributed by atoms with Gasteiger partial charge in [-0.25, -0.2) is 0 Å². The van der Waals surface area contributed by atoms with Crippen LogP contribution in [-0.4, -0.2) is 44.3 Å². The maximum Gasteiger partial charge on any atom is 0.313 e. The number of ether oxygens (including phenoxy) is 3. The summed E-state index contributed by atoms with van der Waals surface area (Å²) in [5.41, 5.74) is 1.72. The number of benzene rings is 2. The summed E-state index contributed by atoms with van der Waals surface area (Å²) in [5, 5.41) is 0. The second-order valence-electron chi connectivity index (χ2n) is 9.05. The van der Waals surface area contributed by atoms with Gasteiger partial charge in [0.1, 0.15) is 0 Å². The number of carbonyl (C=O) groups is 1. The fourth-order valence-electron chi connectivity index (χ4n) is 5.16. The average Bonchev–Trinajstić information content (AvgIpc) is 3.42. The quantitative estimate of drug-likeness (QED) is 0.599. The number of esters is 1. The lowest BCUT2D eigenvalue weighted by Gasteiger charge is -2.28. The first-order valence-corrected chi connectivity index (χ1v) is 11.2. The Hall–Kier alpha value is -2.53. The zero-order valence-electron chi connectivity index (χ0n) is 18.8. The van der Waals surface area contributed by atoms with E-state index in [1.807, 2.05) is 19.1 Å². The second-order valence-corrected chi connectivity index (χ2v) is 9.05. The van der Waals surface area contributed by atoms with Gasteiger partial charge in [-0.2, -0.15) is 0 Å². The molecule has 0 bridgehead atoms. The van der Waals surface area contributed by atoms with Crippen molar-refractivity contribution < 1.29 is 19.0 Å². The molecule has 2 aromatic carbocycles. The molecule has 1 saturated heterocycles. The van der Waals surface area contributed by atoms with Crippen LogP contribution in [0, 0.1) is 5.41 Å². The van der Waals surface area contributed by atoms with Crippen LogP contribution in [0.1, 0.15) is 49.7 Å². The SMILES string of the molecule is COC(=O)C1(C)CN(Cc2ccccc2)CC1c1ccc(OC)c(OC2CCCC2)c1. The van der Waals surface area contributed by atoms with Crippen LogP contribution in [0.3, 0.4) is 0 Å². The largest absolute Gasteiger partial charge is 0.493 e. The first kappa shape index (κ1) is 21.7. The Bertz CT molecular complexity index is 894. The van der Waals surface area contributed by atoms with E-state index in [1.165, 1.54) is 25.5 Å². The molecule has 1 aliphatic heterocycles. The summed E-state index contributed by atoms with van der Waals surface area (Å²) in [6.07, 6.45) is 4.84. The van der Waals surface area contributed by atoms with Gasteiger partial charge in [0.25, 0.3) is 0 Å². The summed E-state index contributed by atoms with van der Waals surface area (Å²) in [4.78, 5) is 15.2. The van der Waals surface area contributed by atoms with Gasteiger partial charge in [0.05, 0.1) is 25.7 Å². The van der Waals surface area contributed by atoms with Gasteiger partial charge in [0.2, 0.25) is 0 Å². The summed E-state index contributed by atoms with van der Waals surface area (Å²) < 4.78 is 17.1. The molecule has 2 aliphatic rings. The number of likely N-dealkylation sites (tertiary alicyclic amines) is 1. The van der Waals surface area contributed by atoms with Crippen LogP contribution in [0.5, 0.6) is 11.5 Å². The van der Waals surface area contributed by atoms with Gasteiger partial charge in [-0.1, -0.05) is 36.4 Å². The minimum atomic E-state index is -0.622. The second kappa shape index (κ2) is 9.31. The maximum atomic E-state index is 12.9. The van der Waals surface area contributed by atoms with Gasteiger partial charge in [0.15, 0.2) is 11.5 Å². The molecule has 0 N–H and O–H groups in total. The van der Waals surface area contributed by atoms with Gasteiger partial charge in [-0.15, -0.1) is 0 Å². The maximum absolute atomic E-state index is 12.9. The number of rotatable bonds is 7. The lowest BCUT2D eigenvalue weighted by atomic mass is 9.76. The monoisotopic (exact) mass is 423 g/mol. The highest BCUT2D eigenvalue weighted by atomic mass is 16.5. The first-order valence-electron chi connectivity index (χ1n) is 11.2. The highest BCUT2D eigenvalue weighted by molar-refractivity contribution is 5.78. The molecular formula is C26H33NO4. The number of hydrogen-bond donors (Lipinski definition) is 0. The molecule has 5 heteroatoms. The molecule has 0 amide bonds. The summed E-state index contributed by atoms with van der Waals surface area (Å²) in [6, 6.07) is 16.5. The van der Waals surface area contributed by atoms with Crippen LogP contribution in [0.25, 0.3) is 0 Å². The summed E-state index contributed by atoms with van der Waals surface area (Å²) >= 11 is 0. The molecule has 1 aliphatic carbocycles. The fraction of sp³-hybridized carbons (Fsp3) is 0.500. The van der Waals surface area contributed by atoms with E-state index in [9.17, 15) is 4.79 Å². The van der Waals surface area contributed by atoms with E-state index in [-0.39, 0.29) is 18.0 Å². The van der Waals surface area contributed by atoms with Crippen molar-refractivity contribution in [3.63, 3.8) is 0 Å². The van der Waals surface area contributed by atoms with E-state index in [0.717, 1.165) is 43.0 Å². The van der Waals surface area contributed by atoms with Gasteiger partial charge in [-0.3, -0.25) is 9.69 Å². The molecule has 0 radical (unpaired) electrons. The van der Waals surface area contributed by atoms with Gasteiger partial charge in [0, 0.05) is 25.6 Å². The molecule has 166 valence electrons. The predicted octanol–water partition coefficient (Wildman–Crippen LogP) is 4.80. The molecule has 0 aromatic heterocycles. The predicted molar refractivity (Wildman–Crippen MR) is 120 cm³/mol. The third-order valence-electron chi connectivity index (χ3n) is 6.85. The van der Waals surface area contributed by atoms with Crippen LogP contribution < -0.4 is 9.47 Å². The van der Waals surface area contributed by atoms with Crippen molar-refractivity contribution in [1.82, 2.24) is 4.90 Å². The molecule has 2 aromatic rings. The Morgan fingerprint density at radius 3 is 2.48 bits per heavy atom. The Morgan fingerprint density at radius 1 is 1.06 bits per heavy atom. The zero-order chi connectivity index (χ0) is 21.8. The molecular weight excluding hydrogens is 390 g/mol. The van der Waals surface area contributed by atoms with Crippen molar-refractivity contribution in [2.24, 2.45) is 5.41 Å². The van der Waals surface area contributed by atoms with Crippen LogP contribution in [0.4, 0.5) is 0 Å². The van der Waals surface area contributed by atoms with E-state index in [1.54, 1.807) is 7.11 Å². The Labute approximate surface area is 185 Å². The molecule has 1 saturated carbocycles. The molecule has 5 nitrogen and oxygen atoms in total. The Balaban J connectivity index is 1.62. The van der Waals surface area contributed by atoms with Crippen molar-refractivity contribution in [2.45, 2.75) is 51.2 Å². The summed E-state index contributed by atoms with van der Waals surface area (Å²) in [6.45, 7) is 4.28. The smallest absolute Gasteiger partial charge is 0.313 e. The molecule has 1 heterocycles. The highest BCUT2D eigenvalue weighted by Gasteiger charge is 2.50. The van der Waals surface area contributed by atoms with Crippen molar-refractivity contribution in [1.29, 1.82) is 0 Å². The highest BCUT2D eigenvalue weighted by Crippen LogP contribution is 2.46. The molecule has 2 fully saturated rings. The third kappa shape index (κ3) is 4.57. The van der Waals surface area contributed by atoms with Crippen molar-refractivity contribution in [2.75, 3.05) is 27.3 Å². The third-order valence-corrected chi connectivity index (χ3v) is 6.85. The zero-order valence-corrected chi connectivity index (χ0v) is 18.8. The van der Waals surface area contributed by atoms with E-state index >= 15 is 0 Å². The van der Waals surface area contributed by atoms with Gasteiger partial charge in [-0.05, 0) is 55.9 Å². The van der Waals surface area contributed by atoms with Crippen LogP contribution in [-0.2, 0) is 16.1 Å². The molecule has 31 heavy (non-hydrogen) atoms. The average molecular weight is 424 g/mol. The summed E-state index contributed by atoms with van der Waals surface area (Å²) in [5.74, 6) is 1.37. The molecule has 0 spiro atoms. The number of carbonyl (C=O) groups excluding carboxylic acids is 1. The van der Waals surface area contributed by atoms with E-state index in [2.05, 4.69) is 41.3 Å². The summed E-state index contributed by atoms with van der Waals surface area (Å²) in [7, 11) is 3.15. The molecule has 2 atom stereocenters. The molecule has 4 rings (SSSR count). The number of methoxy groups -OCH3 is 2. The van der Waals surface area contributed by atoms with E-state index in [0.29, 0.717) is 6.54 Å². The van der Waals surface area contributed by atoms with Crippen LogP contribution >= 0.6 is 0 Å². The minimum absolute atomic E-state index is 0.0143.